The van der Waals surface area contributed by atoms with Crippen molar-refractivity contribution in [2.24, 2.45) is 0 Å². The topological polar surface area (TPSA) is 62.2 Å². The standard InChI is InChI=1S/C11H6BrF3N2O2S/c12-5-1-2-7(18)6(3-5)9(19)17-10-16-8(4-20-10)11(13,14)15/h1-4,18H,(H,16,17,19). The second-order valence-electron chi connectivity index (χ2n) is 3.65. The molecule has 4 nitrogen and oxygen atoms in total. The Morgan fingerprint density at radius 2 is 2.10 bits per heavy atom. The first-order chi connectivity index (χ1) is 9.27. The van der Waals surface area contributed by atoms with Crippen molar-refractivity contribution in [3.8, 4) is 5.75 Å². The van der Waals surface area contributed by atoms with Gasteiger partial charge in [0.05, 0.1) is 5.56 Å². The minimum absolute atomic E-state index is 0.0665. The zero-order valence-electron chi connectivity index (χ0n) is 9.53. The Morgan fingerprint density at radius 3 is 2.70 bits per heavy atom. The van der Waals surface area contributed by atoms with Gasteiger partial charge in [0.2, 0.25) is 0 Å². The van der Waals surface area contributed by atoms with Crippen LogP contribution in [0.1, 0.15) is 16.1 Å². The lowest BCUT2D eigenvalue weighted by molar-refractivity contribution is -0.140. The van der Waals surface area contributed by atoms with Crippen LogP contribution in [-0.4, -0.2) is 16.0 Å². The molecule has 9 heteroatoms. The van der Waals surface area contributed by atoms with E-state index >= 15 is 0 Å². The van der Waals surface area contributed by atoms with Crippen LogP contribution < -0.4 is 5.32 Å². The van der Waals surface area contributed by atoms with E-state index in [1.54, 1.807) is 0 Å². The van der Waals surface area contributed by atoms with E-state index in [2.05, 4.69) is 26.2 Å². The third kappa shape index (κ3) is 3.28. The summed E-state index contributed by atoms with van der Waals surface area (Å²) in [5.41, 5.74) is -1.14. The Bertz CT molecular complexity index is 657. The highest BCUT2D eigenvalue weighted by Crippen LogP contribution is 2.32. The number of aromatic nitrogens is 1. The van der Waals surface area contributed by atoms with Gasteiger partial charge in [0.15, 0.2) is 10.8 Å². The molecule has 0 aliphatic rings. The molecule has 2 N–H and O–H groups in total. The Kier molecular flexibility index (Phi) is 4.00. The number of aromatic hydroxyl groups is 1. The molecular weight excluding hydrogens is 361 g/mol. The number of alkyl halides is 3. The fraction of sp³-hybridized carbons (Fsp3) is 0.0909. The molecular formula is C11H6BrF3N2O2S. The number of hydrogen-bond donors (Lipinski definition) is 2. The average Bonchev–Trinajstić information content (AvgIpc) is 2.80. The van der Waals surface area contributed by atoms with Gasteiger partial charge in [-0.05, 0) is 18.2 Å². The number of thiazole rings is 1. The van der Waals surface area contributed by atoms with Crippen LogP contribution >= 0.6 is 27.3 Å². The second kappa shape index (κ2) is 5.41. The Morgan fingerprint density at radius 1 is 1.40 bits per heavy atom. The minimum Gasteiger partial charge on any atom is -0.507 e. The van der Waals surface area contributed by atoms with Crippen molar-refractivity contribution < 1.29 is 23.1 Å². The highest BCUT2D eigenvalue weighted by Gasteiger charge is 2.34. The number of nitrogens with zero attached hydrogens (tertiary/aromatic N) is 1. The van der Waals surface area contributed by atoms with Crippen molar-refractivity contribution in [3.63, 3.8) is 0 Å². The molecule has 0 unspecified atom stereocenters. The van der Waals surface area contributed by atoms with Crippen LogP contribution in [0.25, 0.3) is 0 Å². The number of phenolic OH excluding ortho intramolecular Hbond substituents is 1. The van der Waals surface area contributed by atoms with Gasteiger partial charge < -0.3 is 5.11 Å². The number of benzene rings is 1. The van der Waals surface area contributed by atoms with Crippen LogP contribution in [0, 0.1) is 0 Å². The molecule has 2 rings (SSSR count). The summed E-state index contributed by atoms with van der Waals surface area (Å²) in [6.45, 7) is 0. The van der Waals surface area contributed by atoms with Crippen LogP contribution in [0.4, 0.5) is 18.3 Å². The van der Waals surface area contributed by atoms with Gasteiger partial charge >= 0.3 is 6.18 Å². The van der Waals surface area contributed by atoms with Gasteiger partial charge in [0.1, 0.15) is 5.75 Å². The molecule has 0 saturated carbocycles. The Labute approximate surface area is 123 Å². The van der Waals surface area contributed by atoms with E-state index in [1.165, 1.54) is 18.2 Å². The van der Waals surface area contributed by atoms with Crippen LogP contribution in [0.5, 0.6) is 5.75 Å². The van der Waals surface area contributed by atoms with Crippen molar-refractivity contribution in [2.75, 3.05) is 5.32 Å². The van der Waals surface area contributed by atoms with E-state index < -0.39 is 17.8 Å². The summed E-state index contributed by atoms with van der Waals surface area (Å²) >= 11 is 3.78. The maximum absolute atomic E-state index is 12.4. The first-order valence-corrected chi connectivity index (χ1v) is 6.77. The number of halogens is 4. The first-order valence-electron chi connectivity index (χ1n) is 5.10. The molecule has 106 valence electrons. The summed E-state index contributed by atoms with van der Waals surface area (Å²) in [5.74, 6) is -1.02. The molecule has 1 aromatic carbocycles. The Hall–Kier alpha value is -1.61. The minimum atomic E-state index is -4.56. The van der Waals surface area contributed by atoms with Crippen LogP contribution in [0.3, 0.4) is 0 Å². The zero-order valence-corrected chi connectivity index (χ0v) is 11.9. The summed E-state index contributed by atoms with van der Waals surface area (Å²) < 4.78 is 37.6. The van der Waals surface area contributed by atoms with Gasteiger partial charge in [-0.25, -0.2) is 4.98 Å². The summed E-state index contributed by atoms with van der Waals surface area (Å²) in [6, 6.07) is 4.17. The molecule has 20 heavy (non-hydrogen) atoms. The molecule has 0 radical (unpaired) electrons. The predicted octanol–water partition coefficient (Wildman–Crippen LogP) is 3.88. The average molecular weight is 367 g/mol. The smallest absolute Gasteiger partial charge is 0.434 e. The molecule has 0 spiro atoms. The number of amides is 1. The maximum atomic E-state index is 12.4. The lowest BCUT2D eigenvalue weighted by Gasteiger charge is -2.05. The molecule has 0 saturated heterocycles. The van der Waals surface area contributed by atoms with E-state index in [0.717, 1.165) is 5.38 Å². The molecule has 0 aliphatic heterocycles. The van der Waals surface area contributed by atoms with Crippen molar-refractivity contribution in [1.82, 2.24) is 4.98 Å². The van der Waals surface area contributed by atoms with Crippen molar-refractivity contribution in [3.05, 3.63) is 39.3 Å². The molecule has 0 bridgehead atoms. The molecule has 0 atom stereocenters. The summed E-state index contributed by atoms with van der Waals surface area (Å²) in [4.78, 5) is 15.1. The monoisotopic (exact) mass is 366 g/mol. The number of phenols is 1. The third-order valence-electron chi connectivity index (χ3n) is 2.22. The van der Waals surface area contributed by atoms with Crippen molar-refractivity contribution >= 4 is 38.3 Å². The van der Waals surface area contributed by atoms with Crippen LogP contribution in [0.2, 0.25) is 0 Å². The maximum Gasteiger partial charge on any atom is 0.434 e. The number of hydrogen-bond acceptors (Lipinski definition) is 4. The number of carbonyl (C=O) groups excluding carboxylic acids is 1. The number of rotatable bonds is 2. The van der Waals surface area contributed by atoms with Crippen LogP contribution in [-0.2, 0) is 6.18 Å². The van der Waals surface area contributed by atoms with E-state index in [4.69, 9.17) is 0 Å². The number of nitrogens with one attached hydrogen (secondary N) is 1. The largest absolute Gasteiger partial charge is 0.507 e. The van der Waals surface area contributed by atoms with Gasteiger partial charge in [-0.15, -0.1) is 11.3 Å². The molecule has 1 amide bonds. The van der Waals surface area contributed by atoms with Crippen molar-refractivity contribution in [2.45, 2.75) is 6.18 Å². The van der Waals surface area contributed by atoms with E-state index in [0.29, 0.717) is 15.8 Å². The van der Waals surface area contributed by atoms with Gasteiger partial charge in [0, 0.05) is 9.85 Å². The highest BCUT2D eigenvalue weighted by atomic mass is 79.9. The number of carbonyl (C=O) groups is 1. The molecule has 0 aliphatic carbocycles. The predicted molar refractivity (Wildman–Crippen MR) is 70.9 cm³/mol. The number of anilines is 1. The summed E-state index contributed by atoms with van der Waals surface area (Å²) in [5, 5.41) is 12.4. The van der Waals surface area contributed by atoms with Gasteiger partial charge in [-0.1, -0.05) is 15.9 Å². The summed E-state index contributed by atoms with van der Waals surface area (Å²) in [7, 11) is 0. The summed E-state index contributed by atoms with van der Waals surface area (Å²) in [6.07, 6.45) is -4.56. The van der Waals surface area contributed by atoms with Gasteiger partial charge in [0.25, 0.3) is 5.91 Å². The molecule has 2 aromatic rings. The Balaban J connectivity index is 2.20. The van der Waals surface area contributed by atoms with Gasteiger partial charge in [-0.3, -0.25) is 10.1 Å². The van der Waals surface area contributed by atoms with E-state index in [9.17, 15) is 23.1 Å². The quantitative estimate of drug-likeness (QED) is 0.847. The third-order valence-corrected chi connectivity index (χ3v) is 3.47. The first kappa shape index (κ1) is 14.8. The van der Waals surface area contributed by atoms with E-state index in [-0.39, 0.29) is 16.4 Å². The zero-order chi connectivity index (χ0) is 14.9. The second-order valence-corrected chi connectivity index (χ2v) is 5.43. The lowest BCUT2D eigenvalue weighted by atomic mass is 10.2. The lowest BCUT2D eigenvalue weighted by Crippen LogP contribution is -2.13. The fourth-order valence-electron chi connectivity index (χ4n) is 1.32. The molecule has 1 heterocycles. The highest BCUT2D eigenvalue weighted by molar-refractivity contribution is 9.10. The normalized spacial score (nSPS) is 11.4. The van der Waals surface area contributed by atoms with Crippen LogP contribution in [0.15, 0.2) is 28.1 Å². The van der Waals surface area contributed by atoms with E-state index in [1.807, 2.05) is 0 Å². The SMILES string of the molecule is O=C(Nc1nc(C(F)(F)F)cs1)c1cc(Br)ccc1O. The fourth-order valence-corrected chi connectivity index (χ4v) is 2.39. The molecule has 0 fully saturated rings. The molecule has 1 aromatic heterocycles. The van der Waals surface area contributed by atoms with Crippen molar-refractivity contribution in [1.29, 1.82) is 0 Å². The van der Waals surface area contributed by atoms with Gasteiger partial charge in [-0.2, -0.15) is 13.2 Å².